The molecule has 1 aromatic rings. The van der Waals surface area contributed by atoms with Gasteiger partial charge in [0.05, 0.1) is 8.07 Å². The Labute approximate surface area is 111 Å². The SMILES string of the molecule is CC1=C([Si](C)(C)C)CCC1C(=O)c1ccccc1. The molecule has 1 nitrogen and oxygen atoms in total. The van der Waals surface area contributed by atoms with Gasteiger partial charge < -0.3 is 0 Å². The van der Waals surface area contributed by atoms with Gasteiger partial charge in [-0.05, 0) is 19.8 Å². The Morgan fingerprint density at radius 1 is 1.17 bits per heavy atom. The van der Waals surface area contributed by atoms with Gasteiger partial charge in [0.1, 0.15) is 0 Å². The van der Waals surface area contributed by atoms with Crippen molar-refractivity contribution in [3.05, 3.63) is 46.7 Å². The number of Topliss-reactive ketones (excluding diaryl/α,β-unsaturated/α-hetero) is 1. The summed E-state index contributed by atoms with van der Waals surface area (Å²) in [6.07, 6.45) is 2.14. The predicted octanol–water partition coefficient (Wildman–Crippen LogP) is 4.47. The number of carbonyl (C=O) groups excluding carboxylic acids is 1. The van der Waals surface area contributed by atoms with Crippen molar-refractivity contribution in [3.63, 3.8) is 0 Å². The Bertz CT molecular complexity index is 480. The maximum Gasteiger partial charge on any atom is 0.169 e. The van der Waals surface area contributed by atoms with Crippen LogP contribution in [0.2, 0.25) is 19.6 Å². The first-order valence-corrected chi connectivity index (χ1v) is 10.2. The molecule has 0 saturated carbocycles. The molecular formula is C16H22OSi. The zero-order chi connectivity index (χ0) is 13.3. The van der Waals surface area contributed by atoms with Gasteiger partial charge in [-0.1, -0.05) is 60.7 Å². The van der Waals surface area contributed by atoms with Crippen molar-refractivity contribution in [1.29, 1.82) is 0 Å². The minimum Gasteiger partial charge on any atom is -0.294 e. The maximum absolute atomic E-state index is 12.5. The Balaban J connectivity index is 2.27. The van der Waals surface area contributed by atoms with Crippen LogP contribution in [0.15, 0.2) is 41.1 Å². The number of rotatable bonds is 3. The van der Waals surface area contributed by atoms with Crippen LogP contribution in [0.5, 0.6) is 0 Å². The van der Waals surface area contributed by atoms with Crippen LogP contribution in [-0.4, -0.2) is 13.9 Å². The molecule has 0 bridgehead atoms. The number of hydrogen-bond donors (Lipinski definition) is 0. The van der Waals surface area contributed by atoms with Crippen molar-refractivity contribution in [2.24, 2.45) is 5.92 Å². The lowest BCUT2D eigenvalue weighted by atomic mass is 9.93. The minimum atomic E-state index is -1.25. The summed E-state index contributed by atoms with van der Waals surface area (Å²) in [6.45, 7) is 9.30. The minimum absolute atomic E-state index is 0.133. The predicted molar refractivity (Wildman–Crippen MR) is 79.5 cm³/mol. The molecule has 1 aliphatic rings. The topological polar surface area (TPSA) is 17.1 Å². The lowest BCUT2D eigenvalue weighted by Crippen LogP contribution is -2.24. The monoisotopic (exact) mass is 258 g/mol. The summed E-state index contributed by atoms with van der Waals surface area (Å²) in [4.78, 5) is 12.5. The van der Waals surface area contributed by atoms with E-state index in [9.17, 15) is 4.79 Å². The lowest BCUT2D eigenvalue weighted by Gasteiger charge is -2.20. The Kier molecular flexibility index (Phi) is 3.58. The molecule has 0 saturated heterocycles. The molecule has 2 rings (SSSR count). The third kappa shape index (κ3) is 2.48. The van der Waals surface area contributed by atoms with Crippen molar-refractivity contribution >= 4 is 13.9 Å². The molecule has 0 amide bonds. The molecule has 1 atom stereocenters. The quantitative estimate of drug-likeness (QED) is 0.577. The normalized spacial score (nSPS) is 20.3. The zero-order valence-corrected chi connectivity index (χ0v) is 12.8. The van der Waals surface area contributed by atoms with E-state index in [1.165, 1.54) is 5.57 Å². The van der Waals surface area contributed by atoms with Crippen LogP contribution in [0, 0.1) is 5.92 Å². The van der Waals surface area contributed by atoms with Crippen LogP contribution in [0.3, 0.4) is 0 Å². The third-order valence-electron chi connectivity index (χ3n) is 3.96. The molecule has 0 aromatic heterocycles. The van der Waals surface area contributed by atoms with Crippen LogP contribution in [0.1, 0.15) is 30.1 Å². The van der Waals surface area contributed by atoms with E-state index in [2.05, 4.69) is 26.6 Å². The summed E-state index contributed by atoms with van der Waals surface area (Å²) in [7, 11) is -1.25. The summed E-state index contributed by atoms with van der Waals surface area (Å²) < 4.78 is 0. The van der Waals surface area contributed by atoms with E-state index < -0.39 is 8.07 Å². The number of allylic oxidation sites excluding steroid dienone is 2. The first-order chi connectivity index (χ1) is 8.41. The van der Waals surface area contributed by atoms with E-state index in [1.54, 1.807) is 5.20 Å². The van der Waals surface area contributed by atoms with Gasteiger partial charge in [-0.2, -0.15) is 0 Å². The Morgan fingerprint density at radius 2 is 1.78 bits per heavy atom. The van der Waals surface area contributed by atoms with Crippen molar-refractivity contribution in [2.75, 3.05) is 0 Å². The molecule has 0 fully saturated rings. The highest BCUT2D eigenvalue weighted by Crippen LogP contribution is 2.38. The second-order valence-corrected chi connectivity index (χ2v) is 11.3. The first-order valence-electron chi connectivity index (χ1n) is 6.70. The van der Waals surface area contributed by atoms with Gasteiger partial charge in [-0.15, -0.1) is 0 Å². The first kappa shape index (κ1) is 13.3. The van der Waals surface area contributed by atoms with E-state index in [-0.39, 0.29) is 5.92 Å². The average Bonchev–Trinajstić information content (AvgIpc) is 2.71. The molecular weight excluding hydrogens is 236 g/mol. The van der Waals surface area contributed by atoms with Gasteiger partial charge in [0.2, 0.25) is 0 Å². The molecule has 1 unspecified atom stereocenters. The summed E-state index contributed by atoms with van der Waals surface area (Å²) in [5, 5.41) is 1.61. The second kappa shape index (κ2) is 4.85. The van der Waals surface area contributed by atoms with Crippen LogP contribution in [0.25, 0.3) is 0 Å². The molecule has 0 spiro atoms. The maximum atomic E-state index is 12.5. The van der Waals surface area contributed by atoms with Gasteiger partial charge >= 0.3 is 0 Å². The van der Waals surface area contributed by atoms with Crippen molar-refractivity contribution in [3.8, 4) is 0 Å². The zero-order valence-electron chi connectivity index (χ0n) is 11.8. The van der Waals surface area contributed by atoms with Crippen LogP contribution in [-0.2, 0) is 0 Å². The smallest absolute Gasteiger partial charge is 0.169 e. The van der Waals surface area contributed by atoms with Gasteiger partial charge in [-0.3, -0.25) is 4.79 Å². The largest absolute Gasteiger partial charge is 0.294 e. The summed E-state index contributed by atoms with van der Waals surface area (Å²) in [5.41, 5.74) is 2.22. The number of benzene rings is 1. The van der Waals surface area contributed by atoms with Crippen molar-refractivity contribution in [2.45, 2.75) is 39.4 Å². The highest BCUT2D eigenvalue weighted by atomic mass is 28.3. The fraction of sp³-hybridized carbons (Fsp3) is 0.438. The Hall–Kier alpha value is -1.15. The average molecular weight is 258 g/mol. The summed E-state index contributed by atoms with van der Waals surface area (Å²) in [5.74, 6) is 0.440. The van der Waals surface area contributed by atoms with E-state index in [0.29, 0.717) is 5.78 Å². The van der Waals surface area contributed by atoms with Crippen LogP contribution < -0.4 is 0 Å². The molecule has 1 aliphatic carbocycles. The standard InChI is InChI=1S/C16H22OSi/c1-12-14(10-11-15(12)18(2,3)4)16(17)13-8-6-5-7-9-13/h5-9,14H,10-11H2,1-4H3. The van der Waals surface area contributed by atoms with Gasteiger partial charge in [0, 0.05) is 11.5 Å². The van der Waals surface area contributed by atoms with Crippen molar-refractivity contribution < 1.29 is 4.79 Å². The van der Waals surface area contributed by atoms with Crippen LogP contribution in [0.4, 0.5) is 0 Å². The highest BCUT2D eigenvalue weighted by Gasteiger charge is 2.34. The number of carbonyl (C=O) groups is 1. The number of ketones is 1. The molecule has 0 N–H and O–H groups in total. The molecule has 96 valence electrons. The molecule has 0 heterocycles. The van der Waals surface area contributed by atoms with Gasteiger partial charge in [-0.25, -0.2) is 0 Å². The summed E-state index contributed by atoms with van der Waals surface area (Å²) >= 11 is 0. The third-order valence-corrected chi connectivity index (χ3v) is 6.42. The van der Waals surface area contributed by atoms with Gasteiger partial charge in [0.15, 0.2) is 5.78 Å². The van der Waals surface area contributed by atoms with E-state index in [1.807, 2.05) is 30.3 Å². The fourth-order valence-corrected chi connectivity index (χ4v) is 5.26. The molecule has 2 heteroatoms. The molecule has 0 radical (unpaired) electrons. The van der Waals surface area contributed by atoms with Gasteiger partial charge in [0.25, 0.3) is 0 Å². The molecule has 1 aromatic carbocycles. The van der Waals surface area contributed by atoms with E-state index in [4.69, 9.17) is 0 Å². The lowest BCUT2D eigenvalue weighted by molar-refractivity contribution is 0.0939. The second-order valence-electron chi connectivity index (χ2n) is 6.23. The fourth-order valence-electron chi connectivity index (χ4n) is 3.01. The Morgan fingerprint density at radius 3 is 2.28 bits per heavy atom. The molecule has 18 heavy (non-hydrogen) atoms. The number of hydrogen-bond acceptors (Lipinski definition) is 1. The van der Waals surface area contributed by atoms with Crippen LogP contribution >= 0.6 is 0 Å². The van der Waals surface area contributed by atoms with Crippen molar-refractivity contribution in [1.82, 2.24) is 0 Å². The highest BCUT2D eigenvalue weighted by molar-refractivity contribution is 6.83. The summed E-state index contributed by atoms with van der Waals surface area (Å²) in [6, 6.07) is 9.72. The van der Waals surface area contributed by atoms with E-state index >= 15 is 0 Å². The van der Waals surface area contributed by atoms with E-state index in [0.717, 1.165) is 18.4 Å². The molecule has 0 aliphatic heterocycles.